The van der Waals surface area contributed by atoms with Crippen molar-refractivity contribution in [3.63, 3.8) is 0 Å². The maximum atomic E-state index is 10.9. The Kier molecular flexibility index (Phi) is 6.40. The average molecular weight is 237 g/mol. The van der Waals surface area contributed by atoms with Crippen molar-refractivity contribution in [2.45, 2.75) is 38.7 Å². The van der Waals surface area contributed by atoms with Gasteiger partial charge in [0.05, 0.1) is 5.60 Å². The second-order valence-corrected chi connectivity index (χ2v) is 6.59. The average Bonchev–Trinajstić information content (AvgIpc) is 2.01. The van der Waals surface area contributed by atoms with Crippen molar-refractivity contribution in [3.8, 4) is 0 Å². The Morgan fingerprint density at radius 2 is 1.93 bits per heavy atom. The SMILES string of the molecule is CCNCCC(C)(O)CCCS(C)(=O)=O. The van der Waals surface area contributed by atoms with Gasteiger partial charge in [-0.15, -0.1) is 0 Å². The number of nitrogens with one attached hydrogen (secondary N) is 1. The maximum absolute atomic E-state index is 10.9. The van der Waals surface area contributed by atoms with E-state index < -0.39 is 15.4 Å². The molecule has 0 fully saturated rings. The molecule has 0 aromatic rings. The third kappa shape index (κ3) is 10.2. The van der Waals surface area contributed by atoms with Gasteiger partial charge in [-0.2, -0.15) is 0 Å². The van der Waals surface area contributed by atoms with Crippen LogP contribution in [-0.4, -0.2) is 44.2 Å². The summed E-state index contributed by atoms with van der Waals surface area (Å²) in [6, 6.07) is 0. The van der Waals surface area contributed by atoms with Crippen LogP contribution < -0.4 is 5.32 Å². The predicted octanol–water partition coefficient (Wildman–Crippen LogP) is 0.562. The van der Waals surface area contributed by atoms with E-state index in [1.807, 2.05) is 6.92 Å². The van der Waals surface area contributed by atoms with E-state index in [1.54, 1.807) is 6.92 Å². The molecule has 0 bridgehead atoms. The van der Waals surface area contributed by atoms with Crippen LogP contribution in [0.1, 0.15) is 33.1 Å². The van der Waals surface area contributed by atoms with E-state index in [9.17, 15) is 13.5 Å². The molecule has 0 saturated heterocycles. The molecular weight excluding hydrogens is 214 g/mol. The molecule has 0 rings (SSSR count). The second kappa shape index (κ2) is 6.45. The summed E-state index contributed by atoms with van der Waals surface area (Å²) in [7, 11) is -2.90. The Bertz CT molecular complexity index is 260. The maximum Gasteiger partial charge on any atom is 0.147 e. The first kappa shape index (κ1) is 14.9. The summed E-state index contributed by atoms with van der Waals surface area (Å²) in [5.74, 6) is 0.157. The zero-order chi connectivity index (χ0) is 11.9. The molecule has 4 nitrogen and oxygen atoms in total. The minimum atomic E-state index is -2.90. The summed E-state index contributed by atoms with van der Waals surface area (Å²) >= 11 is 0. The Balaban J connectivity index is 3.73. The molecule has 2 N–H and O–H groups in total. The number of rotatable bonds is 8. The molecule has 1 unspecified atom stereocenters. The van der Waals surface area contributed by atoms with Gasteiger partial charge in [0.15, 0.2) is 0 Å². The molecular formula is C10H23NO3S. The summed E-state index contributed by atoms with van der Waals surface area (Å²) in [5.41, 5.74) is -0.757. The monoisotopic (exact) mass is 237 g/mol. The quantitative estimate of drug-likeness (QED) is 0.605. The van der Waals surface area contributed by atoms with Crippen LogP contribution in [0.25, 0.3) is 0 Å². The van der Waals surface area contributed by atoms with Crippen molar-refractivity contribution >= 4 is 9.84 Å². The van der Waals surface area contributed by atoms with Crippen molar-refractivity contribution < 1.29 is 13.5 Å². The van der Waals surface area contributed by atoms with E-state index in [2.05, 4.69) is 5.32 Å². The second-order valence-electron chi connectivity index (χ2n) is 4.33. The third-order valence-electron chi connectivity index (χ3n) is 2.32. The van der Waals surface area contributed by atoms with Crippen molar-refractivity contribution in [3.05, 3.63) is 0 Å². The van der Waals surface area contributed by atoms with Gasteiger partial charge in [-0.25, -0.2) is 8.42 Å². The Morgan fingerprint density at radius 1 is 1.33 bits per heavy atom. The van der Waals surface area contributed by atoms with Crippen LogP contribution in [0.3, 0.4) is 0 Å². The molecule has 0 aliphatic carbocycles. The van der Waals surface area contributed by atoms with Crippen LogP contribution in [0.15, 0.2) is 0 Å². The van der Waals surface area contributed by atoms with E-state index in [1.165, 1.54) is 6.26 Å². The molecule has 0 aliphatic heterocycles. The fourth-order valence-corrected chi connectivity index (χ4v) is 2.04. The number of sulfone groups is 1. The molecule has 92 valence electrons. The lowest BCUT2D eigenvalue weighted by atomic mass is 9.97. The lowest BCUT2D eigenvalue weighted by molar-refractivity contribution is 0.0419. The van der Waals surface area contributed by atoms with Gasteiger partial charge in [0.1, 0.15) is 9.84 Å². The molecule has 0 heterocycles. The normalized spacial score (nSPS) is 16.3. The molecule has 0 saturated carbocycles. The van der Waals surface area contributed by atoms with Crippen LogP contribution in [0.5, 0.6) is 0 Å². The van der Waals surface area contributed by atoms with Gasteiger partial charge >= 0.3 is 0 Å². The summed E-state index contributed by atoms with van der Waals surface area (Å²) in [6.07, 6.45) is 2.94. The van der Waals surface area contributed by atoms with Gasteiger partial charge in [-0.05, 0) is 39.3 Å². The van der Waals surface area contributed by atoms with Crippen molar-refractivity contribution in [2.24, 2.45) is 0 Å². The predicted molar refractivity (Wildman–Crippen MR) is 62.7 cm³/mol. The molecule has 0 aliphatic rings. The van der Waals surface area contributed by atoms with Crippen LogP contribution in [0, 0.1) is 0 Å². The minimum Gasteiger partial charge on any atom is -0.390 e. The standard InChI is InChI=1S/C10H23NO3S/c1-4-11-8-7-10(2,12)6-5-9-15(3,13)14/h11-12H,4-9H2,1-3H3. The van der Waals surface area contributed by atoms with E-state index in [0.29, 0.717) is 19.3 Å². The van der Waals surface area contributed by atoms with E-state index in [4.69, 9.17) is 0 Å². The molecule has 0 amide bonds. The Morgan fingerprint density at radius 3 is 2.40 bits per heavy atom. The smallest absolute Gasteiger partial charge is 0.147 e. The zero-order valence-corrected chi connectivity index (χ0v) is 10.7. The van der Waals surface area contributed by atoms with Gasteiger partial charge in [-0.1, -0.05) is 6.92 Å². The fourth-order valence-electron chi connectivity index (χ4n) is 1.37. The first-order chi connectivity index (χ1) is 6.77. The highest BCUT2D eigenvalue weighted by Crippen LogP contribution is 2.16. The van der Waals surface area contributed by atoms with Crippen LogP contribution >= 0.6 is 0 Å². The first-order valence-electron chi connectivity index (χ1n) is 5.38. The summed E-state index contributed by atoms with van der Waals surface area (Å²) in [6.45, 7) is 5.42. The summed E-state index contributed by atoms with van der Waals surface area (Å²) in [5, 5.41) is 13.0. The fraction of sp³-hybridized carbons (Fsp3) is 1.00. The Hall–Kier alpha value is -0.130. The van der Waals surface area contributed by atoms with E-state index >= 15 is 0 Å². The topological polar surface area (TPSA) is 66.4 Å². The van der Waals surface area contributed by atoms with Crippen LogP contribution in [0.2, 0.25) is 0 Å². The van der Waals surface area contributed by atoms with Crippen molar-refractivity contribution in [1.82, 2.24) is 5.32 Å². The van der Waals surface area contributed by atoms with Gasteiger partial charge in [0.25, 0.3) is 0 Å². The highest BCUT2D eigenvalue weighted by molar-refractivity contribution is 7.90. The summed E-state index contributed by atoms with van der Waals surface area (Å²) in [4.78, 5) is 0. The molecule has 0 spiro atoms. The highest BCUT2D eigenvalue weighted by atomic mass is 32.2. The van der Waals surface area contributed by atoms with Gasteiger partial charge in [-0.3, -0.25) is 0 Å². The largest absolute Gasteiger partial charge is 0.390 e. The van der Waals surface area contributed by atoms with E-state index in [0.717, 1.165) is 13.1 Å². The molecule has 0 aromatic heterocycles. The van der Waals surface area contributed by atoms with Gasteiger partial charge in [0.2, 0.25) is 0 Å². The molecule has 15 heavy (non-hydrogen) atoms. The molecule has 0 aromatic carbocycles. The highest BCUT2D eigenvalue weighted by Gasteiger charge is 2.19. The first-order valence-corrected chi connectivity index (χ1v) is 7.44. The van der Waals surface area contributed by atoms with Crippen LogP contribution in [-0.2, 0) is 9.84 Å². The van der Waals surface area contributed by atoms with Gasteiger partial charge < -0.3 is 10.4 Å². The third-order valence-corrected chi connectivity index (χ3v) is 3.35. The number of hydrogen-bond donors (Lipinski definition) is 2. The number of aliphatic hydroxyl groups is 1. The van der Waals surface area contributed by atoms with Gasteiger partial charge in [0, 0.05) is 12.0 Å². The van der Waals surface area contributed by atoms with E-state index in [-0.39, 0.29) is 5.75 Å². The lowest BCUT2D eigenvalue weighted by Crippen LogP contribution is -2.30. The zero-order valence-electron chi connectivity index (χ0n) is 9.91. The molecule has 0 radical (unpaired) electrons. The molecule has 5 heteroatoms. The van der Waals surface area contributed by atoms with Crippen LogP contribution in [0.4, 0.5) is 0 Å². The van der Waals surface area contributed by atoms with Crippen molar-refractivity contribution in [1.29, 1.82) is 0 Å². The summed E-state index contributed by atoms with van der Waals surface area (Å²) < 4.78 is 21.8. The van der Waals surface area contributed by atoms with Crippen molar-refractivity contribution in [2.75, 3.05) is 25.1 Å². The number of hydrogen-bond acceptors (Lipinski definition) is 4. The molecule has 1 atom stereocenters. The lowest BCUT2D eigenvalue weighted by Gasteiger charge is -2.23. The minimum absolute atomic E-state index is 0.157. The Labute approximate surface area is 93.0 Å².